The van der Waals surface area contributed by atoms with E-state index in [1.807, 2.05) is 18.2 Å². The van der Waals surface area contributed by atoms with Crippen molar-refractivity contribution in [3.63, 3.8) is 0 Å². The van der Waals surface area contributed by atoms with E-state index in [0.29, 0.717) is 5.69 Å². The van der Waals surface area contributed by atoms with Crippen LogP contribution in [0.2, 0.25) is 0 Å². The Bertz CT molecular complexity index is 621. The van der Waals surface area contributed by atoms with Crippen LogP contribution in [0.5, 0.6) is 0 Å². The van der Waals surface area contributed by atoms with Crippen molar-refractivity contribution < 1.29 is 0 Å². The molecule has 1 aromatic carbocycles. The van der Waals surface area contributed by atoms with Crippen molar-refractivity contribution in [3.8, 4) is 0 Å². The summed E-state index contributed by atoms with van der Waals surface area (Å²) in [6.07, 6.45) is 6.63. The summed E-state index contributed by atoms with van der Waals surface area (Å²) in [5.74, 6) is 1.68. The molecule has 0 atom stereocenters. The maximum Gasteiger partial charge on any atom is 0.161 e. The standard InChI is InChI=1S/C18H25N5/c1-2-23(15-10-6-5-7-11-15)18-16(19)17(20-14-21-18)22-12-8-3-4-9-13-22/h5-7,10-11,14H,2-4,8-9,12-13,19H2,1H3. The zero-order valence-electron chi connectivity index (χ0n) is 13.8. The third-order valence-corrected chi connectivity index (χ3v) is 4.39. The molecule has 5 nitrogen and oxygen atoms in total. The summed E-state index contributed by atoms with van der Waals surface area (Å²) >= 11 is 0. The second kappa shape index (κ2) is 7.31. The van der Waals surface area contributed by atoms with Crippen LogP contribution in [0.4, 0.5) is 23.0 Å². The topological polar surface area (TPSA) is 58.3 Å². The quantitative estimate of drug-likeness (QED) is 0.935. The highest BCUT2D eigenvalue weighted by Gasteiger charge is 2.20. The second-order valence-electron chi connectivity index (χ2n) is 5.92. The van der Waals surface area contributed by atoms with Gasteiger partial charge in [-0.1, -0.05) is 31.0 Å². The summed E-state index contributed by atoms with van der Waals surface area (Å²) in [7, 11) is 0. The Hall–Kier alpha value is -2.30. The molecule has 3 rings (SSSR count). The van der Waals surface area contributed by atoms with Crippen molar-refractivity contribution in [2.24, 2.45) is 0 Å². The predicted octanol–water partition coefficient (Wildman–Crippen LogP) is 3.60. The molecule has 0 saturated carbocycles. The fraction of sp³-hybridized carbons (Fsp3) is 0.444. The Labute approximate surface area is 138 Å². The molecular formula is C18H25N5. The van der Waals surface area contributed by atoms with Crippen LogP contribution < -0.4 is 15.5 Å². The molecule has 1 aliphatic rings. The summed E-state index contributed by atoms with van der Waals surface area (Å²) in [6.45, 7) is 4.97. The number of para-hydroxylation sites is 1. The van der Waals surface area contributed by atoms with Gasteiger partial charge in [0, 0.05) is 25.3 Å². The molecule has 2 heterocycles. The number of nitrogens with zero attached hydrogens (tertiary/aromatic N) is 4. The molecule has 0 amide bonds. The van der Waals surface area contributed by atoms with Crippen molar-refractivity contribution in [2.45, 2.75) is 32.6 Å². The summed E-state index contributed by atoms with van der Waals surface area (Å²) in [5.41, 5.74) is 8.25. The Kier molecular flexibility index (Phi) is 4.95. The van der Waals surface area contributed by atoms with Crippen molar-refractivity contribution in [1.82, 2.24) is 9.97 Å². The maximum absolute atomic E-state index is 6.47. The lowest BCUT2D eigenvalue weighted by atomic mass is 10.2. The molecule has 5 heteroatoms. The molecule has 1 aromatic heterocycles. The van der Waals surface area contributed by atoms with Crippen LogP contribution in [0, 0.1) is 0 Å². The first kappa shape index (κ1) is 15.6. The number of nitrogens with two attached hydrogens (primary N) is 1. The highest BCUT2D eigenvalue weighted by atomic mass is 15.3. The van der Waals surface area contributed by atoms with E-state index >= 15 is 0 Å². The first-order valence-electron chi connectivity index (χ1n) is 8.49. The SMILES string of the molecule is CCN(c1ccccc1)c1ncnc(N2CCCCCC2)c1N. The number of nitrogen functional groups attached to an aromatic ring is 1. The van der Waals surface area contributed by atoms with Crippen LogP contribution in [0.25, 0.3) is 0 Å². The third-order valence-electron chi connectivity index (χ3n) is 4.39. The van der Waals surface area contributed by atoms with Gasteiger partial charge in [-0.3, -0.25) is 0 Å². The first-order valence-corrected chi connectivity index (χ1v) is 8.49. The minimum Gasteiger partial charge on any atom is -0.393 e. The number of hydrogen-bond acceptors (Lipinski definition) is 5. The monoisotopic (exact) mass is 311 g/mol. The lowest BCUT2D eigenvalue weighted by Crippen LogP contribution is -2.27. The number of aromatic nitrogens is 2. The average Bonchev–Trinajstić information content (AvgIpc) is 2.87. The van der Waals surface area contributed by atoms with Crippen LogP contribution >= 0.6 is 0 Å². The smallest absolute Gasteiger partial charge is 0.161 e. The van der Waals surface area contributed by atoms with Crippen LogP contribution in [-0.4, -0.2) is 29.6 Å². The highest BCUT2D eigenvalue weighted by Crippen LogP contribution is 2.33. The summed E-state index contributed by atoms with van der Waals surface area (Å²) in [6, 6.07) is 10.2. The zero-order valence-corrected chi connectivity index (χ0v) is 13.8. The van der Waals surface area contributed by atoms with Gasteiger partial charge >= 0.3 is 0 Å². The lowest BCUT2D eigenvalue weighted by molar-refractivity contribution is 0.726. The predicted molar refractivity (Wildman–Crippen MR) is 96.2 cm³/mol. The molecule has 0 unspecified atom stereocenters. The van der Waals surface area contributed by atoms with Crippen molar-refractivity contribution in [3.05, 3.63) is 36.7 Å². The van der Waals surface area contributed by atoms with Crippen molar-refractivity contribution >= 4 is 23.0 Å². The average molecular weight is 311 g/mol. The van der Waals surface area contributed by atoms with Gasteiger partial charge in [0.05, 0.1) is 0 Å². The van der Waals surface area contributed by atoms with E-state index in [-0.39, 0.29) is 0 Å². The molecule has 1 fully saturated rings. The molecule has 0 radical (unpaired) electrons. The largest absolute Gasteiger partial charge is 0.393 e. The van der Waals surface area contributed by atoms with Gasteiger partial charge in [0.25, 0.3) is 0 Å². The molecule has 2 aromatic rings. The third kappa shape index (κ3) is 3.38. The van der Waals surface area contributed by atoms with E-state index in [2.05, 4.69) is 38.8 Å². The molecule has 0 spiro atoms. The van der Waals surface area contributed by atoms with Gasteiger partial charge in [0.2, 0.25) is 0 Å². The van der Waals surface area contributed by atoms with E-state index in [4.69, 9.17) is 5.73 Å². The first-order chi connectivity index (χ1) is 11.3. The van der Waals surface area contributed by atoms with E-state index in [1.54, 1.807) is 6.33 Å². The molecular weight excluding hydrogens is 286 g/mol. The van der Waals surface area contributed by atoms with Crippen LogP contribution in [0.15, 0.2) is 36.7 Å². The van der Waals surface area contributed by atoms with E-state index in [1.165, 1.54) is 25.7 Å². The van der Waals surface area contributed by atoms with Gasteiger partial charge < -0.3 is 15.5 Å². The molecule has 23 heavy (non-hydrogen) atoms. The number of benzene rings is 1. The number of rotatable bonds is 4. The molecule has 1 aliphatic heterocycles. The summed E-state index contributed by atoms with van der Waals surface area (Å²) in [5, 5.41) is 0. The van der Waals surface area contributed by atoms with Gasteiger partial charge in [-0.05, 0) is 31.9 Å². The molecule has 0 bridgehead atoms. The normalized spacial score (nSPS) is 15.3. The molecule has 1 saturated heterocycles. The Morgan fingerprint density at radius 3 is 2.39 bits per heavy atom. The van der Waals surface area contributed by atoms with Gasteiger partial charge in [-0.15, -0.1) is 0 Å². The summed E-state index contributed by atoms with van der Waals surface area (Å²) in [4.78, 5) is 13.4. The number of anilines is 4. The van der Waals surface area contributed by atoms with Crippen LogP contribution in [0.3, 0.4) is 0 Å². The Morgan fingerprint density at radius 2 is 1.74 bits per heavy atom. The molecule has 2 N–H and O–H groups in total. The fourth-order valence-electron chi connectivity index (χ4n) is 3.19. The second-order valence-corrected chi connectivity index (χ2v) is 5.92. The van der Waals surface area contributed by atoms with Crippen molar-refractivity contribution in [1.29, 1.82) is 0 Å². The van der Waals surface area contributed by atoms with Crippen LogP contribution in [0.1, 0.15) is 32.6 Å². The fourth-order valence-corrected chi connectivity index (χ4v) is 3.19. The number of hydrogen-bond donors (Lipinski definition) is 1. The van der Waals surface area contributed by atoms with Gasteiger partial charge in [-0.25, -0.2) is 9.97 Å². The zero-order chi connectivity index (χ0) is 16.1. The van der Waals surface area contributed by atoms with E-state index < -0.39 is 0 Å². The van der Waals surface area contributed by atoms with Crippen molar-refractivity contribution in [2.75, 3.05) is 35.2 Å². The van der Waals surface area contributed by atoms with Gasteiger partial charge in [0.15, 0.2) is 11.6 Å². The minimum atomic E-state index is 0.681. The lowest BCUT2D eigenvalue weighted by Gasteiger charge is -2.27. The highest BCUT2D eigenvalue weighted by molar-refractivity contribution is 5.79. The van der Waals surface area contributed by atoms with Gasteiger partial charge in [0.1, 0.15) is 12.0 Å². The Balaban J connectivity index is 1.95. The Morgan fingerprint density at radius 1 is 1.04 bits per heavy atom. The van der Waals surface area contributed by atoms with Crippen LogP contribution in [-0.2, 0) is 0 Å². The van der Waals surface area contributed by atoms with E-state index in [0.717, 1.165) is 37.0 Å². The minimum absolute atomic E-state index is 0.681. The molecule has 0 aliphatic carbocycles. The van der Waals surface area contributed by atoms with Gasteiger partial charge in [-0.2, -0.15) is 0 Å². The summed E-state index contributed by atoms with van der Waals surface area (Å²) < 4.78 is 0. The molecule has 122 valence electrons. The maximum atomic E-state index is 6.47. The van der Waals surface area contributed by atoms with E-state index in [9.17, 15) is 0 Å².